The number of hydrogen-bond acceptors (Lipinski definition) is 7. The summed E-state index contributed by atoms with van der Waals surface area (Å²) >= 11 is 5.90. The Balaban J connectivity index is 1.57. The molecule has 2 aromatic heterocycles. The first kappa shape index (κ1) is 28.0. The lowest BCUT2D eigenvalue weighted by Crippen LogP contribution is -2.47. The van der Waals surface area contributed by atoms with Gasteiger partial charge in [0.2, 0.25) is 11.7 Å². The number of pyridine rings is 1. The average molecular weight is 543 g/mol. The summed E-state index contributed by atoms with van der Waals surface area (Å²) in [5.74, 6) is -0.0677. The van der Waals surface area contributed by atoms with Gasteiger partial charge in [0, 0.05) is 44.0 Å². The maximum Gasteiger partial charge on any atom is 0.287 e. The van der Waals surface area contributed by atoms with Gasteiger partial charge in [0.25, 0.3) is 5.91 Å². The minimum absolute atomic E-state index is 0.0507. The van der Waals surface area contributed by atoms with Gasteiger partial charge in [-0.3, -0.25) is 9.59 Å². The van der Waals surface area contributed by atoms with E-state index in [1.54, 1.807) is 23.8 Å². The summed E-state index contributed by atoms with van der Waals surface area (Å²) in [6.07, 6.45) is 3.19. The summed E-state index contributed by atoms with van der Waals surface area (Å²) in [6.45, 7) is 7.34. The molecule has 2 N–H and O–H groups in total. The molecule has 0 unspecified atom stereocenters. The predicted molar refractivity (Wildman–Crippen MR) is 146 cm³/mol. The number of imidazole rings is 1. The molecule has 0 atom stereocenters. The lowest BCUT2D eigenvalue weighted by atomic mass is 10.0. The molecule has 1 aliphatic rings. The number of carbonyl (C=O) groups is 2. The summed E-state index contributed by atoms with van der Waals surface area (Å²) < 4.78 is 12.4. The van der Waals surface area contributed by atoms with Crippen molar-refractivity contribution in [1.82, 2.24) is 24.8 Å². The molecular formula is C27H35ClN6O4. The van der Waals surface area contributed by atoms with Crippen molar-refractivity contribution in [2.45, 2.75) is 51.9 Å². The number of carbonyl (C=O) groups excluding carboxylic acids is 2. The quantitative estimate of drug-likeness (QED) is 0.357. The number of benzene rings is 1. The zero-order valence-electron chi connectivity index (χ0n) is 22.1. The van der Waals surface area contributed by atoms with E-state index in [2.05, 4.69) is 34.4 Å². The minimum atomic E-state index is -0.333. The maximum atomic E-state index is 13.5. The number of nitrogens with one attached hydrogen (secondary N) is 2. The van der Waals surface area contributed by atoms with Crippen LogP contribution in [0.2, 0.25) is 5.02 Å². The van der Waals surface area contributed by atoms with Crippen LogP contribution in [0.25, 0.3) is 11.0 Å². The van der Waals surface area contributed by atoms with Gasteiger partial charge in [-0.2, -0.15) is 0 Å². The fraction of sp³-hybridized carbons (Fsp3) is 0.481. The normalized spacial score (nSPS) is 14.8. The number of aromatic nitrogens is 3. The van der Waals surface area contributed by atoms with Crippen LogP contribution in [0.4, 0.5) is 5.82 Å². The summed E-state index contributed by atoms with van der Waals surface area (Å²) in [4.78, 5) is 37.7. The van der Waals surface area contributed by atoms with Gasteiger partial charge in [0.05, 0.1) is 35.9 Å². The first-order chi connectivity index (χ1) is 18.4. The molecule has 1 aromatic carbocycles. The minimum Gasteiger partial charge on any atom is -0.382 e. The van der Waals surface area contributed by atoms with Gasteiger partial charge < -0.3 is 29.6 Å². The SMILES string of the molecule is COCCOCc1cccc2c1nc(C(=O)NC1CCN(C(C)C)CC1)n2CC(=O)Nc1ccc(Cl)cn1. The first-order valence-electron chi connectivity index (χ1n) is 12.9. The number of methoxy groups -OCH3 is 1. The molecule has 38 heavy (non-hydrogen) atoms. The van der Waals surface area contributed by atoms with E-state index in [9.17, 15) is 9.59 Å². The zero-order chi connectivity index (χ0) is 27.1. The number of rotatable bonds is 11. The number of piperidine rings is 1. The van der Waals surface area contributed by atoms with Gasteiger partial charge in [-0.05, 0) is 44.9 Å². The second kappa shape index (κ2) is 13.1. The molecule has 2 amide bonds. The standard InChI is InChI=1S/C27H35ClN6O4/c1-18(2)33-11-9-21(10-12-33)30-27(36)26-32-25-19(17-38-14-13-37-3)5-4-6-22(25)34(26)16-24(35)31-23-8-7-20(28)15-29-23/h4-8,15,18,21H,9-14,16-17H2,1-3H3,(H,30,36)(H,29,31,35). The van der Waals surface area contributed by atoms with Crippen molar-refractivity contribution in [2.24, 2.45) is 0 Å². The van der Waals surface area contributed by atoms with Crippen LogP contribution < -0.4 is 10.6 Å². The second-order valence-corrected chi connectivity index (χ2v) is 10.1. The highest BCUT2D eigenvalue weighted by Crippen LogP contribution is 2.22. The van der Waals surface area contributed by atoms with E-state index in [0.29, 0.717) is 47.7 Å². The van der Waals surface area contributed by atoms with Crippen molar-refractivity contribution in [1.29, 1.82) is 0 Å². The first-order valence-corrected chi connectivity index (χ1v) is 13.2. The molecule has 3 aromatic rings. The Morgan fingerprint density at radius 2 is 1.95 bits per heavy atom. The van der Waals surface area contributed by atoms with E-state index in [1.165, 1.54) is 6.20 Å². The Labute approximate surface area is 227 Å². The van der Waals surface area contributed by atoms with Gasteiger partial charge >= 0.3 is 0 Å². The van der Waals surface area contributed by atoms with E-state index in [0.717, 1.165) is 31.5 Å². The number of amides is 2. The van der Waals surface area contributed by atoms with Gasteiger partial charge in [-0.25, -0.2) is 9.97 Å². The molecule has 1 saturated heterocycles. The highest BCUT2D eigenvalue weighted by Gasteiger charge is 2.26. The molecule has 1 aliphatic heterocycles. The number of likely N-dealkylation sites (tertiary alicyclic amines) is 1. The molecule has 204 valence electrons. The molecule has 0 bridgehead atoms. The van der Waals surface area contributed by atoms with Crippen LogP contribution in [0.3, 0.4) is 0 Å². The molecule has 0 radical (unpaired) electrons. The predicted octanol–water partition coefficient (Wildman–Crippen LogP) is 3.49. The van der Waals surface area contributed by atoms with Crippen LogP contribution >= 0.6 is 11.6 Å². The summed E-state index contributed by atoms with van der Waals surface area (Å²) in [5.41, 5.74) is 2.13. The van der Waals surface area contributed by atoms with E-state index in [4.69, 9.17) is 26.1 Å². The topological polar surface area (TPSA) is 111 Å². The summed E-state index contributed by atoms with van der Waals surface area (Å²) in [5, 5.41) is 6.39. The van der Waals surface area contributed by atoms with E-state index < -0.39 is 0 Å². The number of ether oxygens (including phenoxy) is 2. The third-order valence-corrected chi connectivity index (χ3v) is 6.87. The van der Waals surface area contributed by atoms with Crippen molar-refractivity contribution in [3.8, 4) is 0 Å². The van der Waals surface area contributed by atoms with Gasteiger partial charge in [0.15, 0.2) is 0 Å². The van der Waals surface area contributed by atoms with Crippen molar-refractivity contribution < 1.29 is 19.1 Å². The Morgan fingerprint density at radius 1 is 1.16 bits per heavy atom. The lowest BCUT2D eigenvalue weighted by Gasteiger charge is -2.34. The Hall–Kier alpha value is -3.05. The van der Waals surface area contributed by atoms with E-state index in [1.807, 2.05) is 18.2 Å². The highest BCUT2D eigenvalue weighted by atomic mass is 35.5. The molecule has 0 aliphatic carbocycles. The van der Waals surface area contributed by atoms with E-state index >= 15 is 0 Å². The van der Waals surface area contributed by atoms with Crippen molar-refractivity contribution in [3.63, 3.8) is 0 Å². The zero-order valence-corrected chi connectivity index (χ0v) is 22.8. The van der Waals surface area contributed by atoms with Crippen LogP contribution in [-0.2, 0) is 27.4 Å². The third kappa shape index (κ3) is 7.08. The largest absolute Gasteiger partial charge is 0.382 e. The lowest BCUT2D eigenvalue weighted by molar-refractivity contribution is -0.116. The molecular weight excluding hydrogens is 508 g/mol. The Bertz CT molecular complexity index is 1240. The van der Waals surface area contributed by atoms with Crippen molar-refractivity contribution in [2.75, 3.05) is 38.7 Å². The fourth-order valence-corrected chi connectivity index (χ4v) is 4.68. The molecule has 3 heterocycles. The van der Waals surface area contributed by atoms with Gasteiger partial charge in [0.1, 0.15) is 12.4 Å². The van der Waals surface area contributed by atoms with Crippen LogP contribution in [0.1, 0.15) is 42.9 Å². The number of nitrogens with zero attached hydrogens (tertiary/aromatic N) is 4. The Kier molecular flexibility index (Phi) is 9.68. The number of halogens is 1. The number of para-hydroxylation sites is 1. The van der Waals surface area contributed by atoms with Crippen LogP contribution in [0.15, 0.2) is 36.5 Å². The third-order valence-electron chi connectivity index (χ3n) is 6.65. The van der Waals surface area contributed by atoms with Gasteiger partial charge in [-0.15, -0.1) is 0 Å². The van der Waals surface area contributed by atoms with Crippen LogP contribution in [-0.4, -0.2) is 76.7 Å². The monoisotopic (exact) mass is 542 g/mol. The number of anilines is 1. The van der Waals surface area contributed by atoms with Gasteiger partial charge in [-0.1, -0.05) is 23.7 Å². The molecule has 11 heteroatoms. The molecule has 0 saturated carbocycles. The highest BCUT2D eigenvalue weighted by molar-refractivity contribution is 6.30. The molecule has 10 nitrogen and oxygen atoms in total. The average Bonchev–Trinajstić information content (AvgIpc) is 3.27. The van der Waals surface area contributed by atoms with Crippen molar-refractivity contribution in [3.05, 3.63) is 52.9 Å². The van der Waals surface area contributed by atoms with Crippen LogP contribution in [0, 0.1) is 0 Å². The Morgan fingerprint density at radius 3 is 2.63 bits per heavy atom. The smallest absolute Gasteiger partial charge is 0.287 e. The summed E-state index contributed by atoms with van der Waals surface area (Å²) in [6, 6.07) is 9.44. The number of fused-ring (bicyclic) bond motifs is 1. The van der Waals surface area contributed by atoms with Crippen LogP contribution in [0.5, 0.6) is 0 Å². The maximum absolute atomic E-state index is 13.5. The number of hydrogen-bond donors (Lipinski definition) is 2. The fourth-order valence-electron chi connectivity index (χ4n) is 4.57. The van der Waals surface area contributed by atoms with E-state index in [-0.39, 0.29) is 30.2 Å². The summed E-state index contributed by atoms with van der Waals surface area (Å²) in [7, 11) is 1.62. The molecule has 1 fully saturated rings. The second-order valence-electron chi connectivity index (χ2n) is 9.64. The molecule has 4 rings (SSSR count). The van der Waals surface area contributed by atoms with Crippen molar-refractivity contribution >= 4 is 40.3 Å². The molecule has 0 spiro atoms.